The zero-order valence-corrected chi connectivity index (χ0v) is 54.2. The van der Waals surface area contributed by atoms with E-state index in [-0.39, 0.29) is 107 Å². The van der Waals surface area contributed by atoms with Gasteiger partial charge in [-0.15, -0.1) is 0 Å². The lowest BCUT2D eigenvalue weighted by Gasteiger charge is -2.39. The molecule has 26 nitrogen and oxygen atoms in total. The number of halogens is 3. The van der Waals surface area contributed by atoms with Crippen LogP contribution in [0.25, 0.3) is 0 Å². The number of nitrogens with two attached hydrogens (primary N) is 2. The topological polar surface area (TPSA) is 351 Å². The average Bonchev–Trinajstić information content (AvgIpc) is 1.86. The number of carbonyl (C=O) groups is 10. The van der Waals surface area contributed by atoms with Crippen LogP contribution in [0.2, 0.25) is 0 Å². The molecule has 1 aromatic heterocycles. The third-order valence-electron chi connectivity index (χ3n) is 17.0. The number of alkyl halides is 3. The number of piperidine rings is 1. The van der Waals surface area contributed by atoms with E-state index in [1.54, 1.807) is 91.4 Å². The minimum atomic E-state index is -4.60. The Morgan fingerprint density at radius 2 is 1.48 bits per heavy atom. The number of hydrogen-bond acceptors (Lipinski definition) is 15. The van der Waals surface area contributed by atoms with E-state index in [1.807, 2.05) is 27.7 Å². The molecule has 4 rings (SSSR count). The zero-order chi connectivity index (χ0) is 67.7. The third kappa shape index (κ3) is 23.9. The summed E-state index contributed by atoms with van der Waals surface area (Å²) in [7, 11) is 8.23. The maximum Gasteiger partial charge on any atom is 0.404 e. The quantitative estimate of drug-likeness (QED) is 0.0441. The van der Waals surface area contributed by atoms with Crippen molar-refractivity contribution < 1.29 is 70.6 Å². The van der Waals surface area contributed by atoms with Crippen LogP contribution >= 0.6 is 0 Å². The Kier molecular flexibility index (Phi) is 31.0. The van der Waals surface area contributed by atoms with E-state index in [1.165, 1.54) is 19.1 Å². The monoisotopic (exact) mass is 1290 g/mol. The molecular formula is C62H97F3N14O12. The van der Waals surface area contributed by atoms with Gasteiger partial charge in [0.25, 0.3) is 0 Å². The molecule has 0 aliphatic carbocycles. The Morgan fingerprint density at radius 3 is 2.08 bits per heavy atom. The van der Waals surface area contributed by atoms with Crippen LogP contribution in [0.5, 0.6) is 0 Å². The first kappa shape index (κ1) is 76.0. The largest absolute Gasteiger partial charge is 0.404 e. The summed E-state index contributed by atoms with van der Waals surface area (Å²) in [4.78, 5) is 143. The van der Waals surface area contributed by atoms with Gasteiger partial charge in [-0.25, -0.2) is 4.79 Å². The molecule has 2 aromatic rings. The normalized spacial score (nSPS) is 18.7. The molecular weight excluding hydrogens is 1190 g/mol. The van der Waals surface area contributed by atoms with E-state index in [0.717, 1.165) is 0 Å². The van der Waals surface area contributed by atoms with Crippen molar-refractivity contribution in [3.63, 3.8) is 0 Å². The summed E-state index contributed by atoms with van der Waals surface area (Å²) in [6, 6.07) is 5.17. The summed E-state index contributed by atoms with van der Waals surface area (Å²) in [5, 5.41) is 18.7. The summed E-state index contributed by atoms with van der Waals surface area (Å²) >= 11 is 0. The molecule has 0 spiro atoms. The number of carbonyl (C=O) groups excluding carboxylic acids is 10. The second kappa shape index (κ2) is 37.1. The molecule has 0 saturated carbocycles. The number of likely N-dealkylation sites (tertiary alicyclic amines) is 2. The average molecular weight is 1290 g/mol. The number of anilines is 1. The van der Waals surface area contributed by atoms with Gasteiger partial charge in [0.05, 0.1) is 55.8 Å². The highest BCUT2D eigenvalue weighted by atomic mass is 19.4. The fraction of sp³-hybridized carbons (Fsp3) is 0.661. The second-order valence-electron chi connectivity index (χ2n) is 24.2. The number of nitrogens with one attached hydrogen (secondary N) is 7. The first-order valence-corrected chi connectivity index (χ1v) is 31.1. The molecule has 2 aliphatic heterocycles. The van der Waals surface area contributed by atoms with Crippen LogP contribution < -0.4 is 48.7 Å². The number of likely N-dealkylation sites (N-methyl/N-ethyl adjacent to an activating group) is 2. The number of nitrogens with zero attached hydrogens (tertiary/aromatic N) is 5. The van der Waals surface area contributed by atoms with E-state index in [4.69, 9.17) is 20.9 Å². The molecule has 2 saturated heterocycles. The van der Waals surface area contributed by atoms with Crippen LogP contribution in [-0.2, 0) is 65.6 Å². The number of aromatic nitrogens is 1. The van der Waals surface area contributed by atoms with Gasteiger partial charge < -0.3 is 68.0 Å². The van der Waals surface area contributed by atoms with Crippen molar-refractivity contribution in [2.75, 3.05) is 79.9 Å². The maximum absolute atomic E-state index is 14.4. The Balaban J connectivity index is 1.37. The van der Waals surface area contributed by atoms with Crippen LogP contribution in [0.1, 0.15) is 110 Å². The van der Waals surface area contributed by atoms with E-state index in [0.29, 0.717) is 42.8 Å². The number of pyridine rings is 1. The second-order valence-corrected chi connectivity index (χ2v) is 24.2. The first-order valence-electron chi connectivity index (χ1n) is 31.1. The Morgan fingerprint density at radius 1 is 0.780 bits per heavy atom. The fourth-order valence-corrected chi connectivity index (χ4v) is 12.0. The summed E-state index contributed by atoms with van der Waals surface area (Å²) in [6.07, 6.45) is -3.02. The lowest BCUT2D eigenvalue weighted by atomic mass is 9.89. The van der Waals surface area contributed by atoms with Crippen molar-refractivity contribution in [2.24, 2.45) is 35.1 Å². The van der Waals surface area contributed by atoms with Gasteiger partial charge >= 0.3 is 12.2 Å². The molecule has 11 unspecified atom stereocenters. The van der Waals surface area contributed by atoms with Gasteiger partial charge in [-0.05, 0) is 114 Å². The van der Waals surface area contributed by atoms with Crippen molar-refractivity contribution in [3.05, 3.63) is 59.9 Å². The minimum Gasteiger partial charge on any atom is -0.379 e. The number of rotatable bonds is 36. The summed E-state index contributed by atoms with van der Waals surface area (Å²) < 4.78 is 53.4. The number of urea groups is 1. The number of ether oxygens (including phenoxy) is 2. The van der Waals surface area contributed by atoms with Crippen molar-refractivity contribution in [3.8, 4) is 0 Å². The van der Waals surface area contributed by atoms with E-state index in [2.05, 4.69) is 42.2 Å². The highest BCUT2D eigenvalue weighted by Crippen LogP contribution is 2.35. The molecule has 3 heterocycles. The molecule has 11 amide bonds. The summed E-state index contributed by atoms with van der Waals surface area (Å²) in [6.45, 7) is 9.06. The van der Waals surface area contributed by atoms with E-state index < -0.39 is 121 Å². The Labute approximate surface area is 531 Å². The molecule has 29 heteroatoms. The fourth-order valence-electron chi connectivity index (χ4n) is 12.0. The first-order chi connectivity index (χ1) is 43.0. The molecule has 0 radical (unpaired) electrons. The molecule has 1 aromatic carbocycles. The number of primary amides is 2. The highest BCUT2D eigenvalue weighted by molar-refractivity contribution is 5.98. The van der Waals surface area contributed by atoms with Gasteiger partial charge in [-0.2, -0.15) is 13.2 Å². The van der Waals surface area contributed by atoms with Crippen LogP contribution in [0.3, 0.4) is 0 Å². The number of benzene rings is 1. The maximum atomic E-state index is 14.4. The van der Waals surface area contributed by atoms with Gasteiger partial charge in [0.2, 0.25) is 53.2 Å². The van der Waals surface area contributed by atoms with E-state index in [9.17, 15) is 61.1 Å². The number of hydrogen-bond donors (Lipinski definition) is 9. The zero-order valence-electron chi connectivity index (χ0n) is 54.2. The summed E-state index contributed by atoms with van der Waals surface area (Å²) in [5.41, 5.74) is 11.9. The van der Waals surface area contributed by atoms with Gasteiger partial charge in [-0.3, -0.25) is 57.9 Å². The lowest BCUT2D eigenvalue weighted by Crippen LogP contribution is -2.55. The molecule has 11 atom stereocenters. The number of amides is 11. The molecule has 11 N–H and O–H groups in total. The number of methoxy groups -OCH3 is 2. The van der Waals surface area contributed by atoms with Crippen LogP contribution in [0.15, 0.2) is 48.7 Å². The molecule has 508 valence electrons. The lowest BCUT2D eigenvalue weighted by molar-refractivity contribution is -0.195. The van der Waals surface area contributed by atoms with Crippen molar-refractivity contribution in [1.82, 2.24) is 56.5 Å². The van der Waals surface area contributed by atoms with Gasteiger partial charge in [0.15, 0.2) is 0 Å². The standard InChI is InChI=1S/C62H97F3N14O12/c1-11-38(4)54(77(8)52(83)36-72-60(88)53(37(2)3)76(6)7)47(90-9)33-51(82)79-29-15-19-46(79)55(91-10)39(5)57(85)75-45(32-43-17-12-13-26-68-43)58(86)71-34-40-21-23-42(24-22-40)73-59(87)44(18-14-27-69-61(67)89)74-50(81)35-70-49(80)20-16-28-78-30-25-41(56(66)84)31-48(78)62(63,64)65/h12-13,17,21-24,26,37-39,41,44-48,53-55H,11,14-16,18-20,25,27-36H2,1-10H3,(H2,66,84)(H,70,80)(H,71,86)(H,72,88)(H,73,87)(H,74,81)(H,75,85)(H3,67,69,89). The van der Waals surface area contributed by atoms with Gasteiger partial charge in [0.1, 0.15) is 18.1 Å². The van der Waals surface area contributed by atoms with Crippen LogP contribution in [0, 0.1) is 23.7 Å². The predicted molar refractivity (Wildman–Crippen MR) is 333 cm³/mol. The Hall–Kier alpha value is -7.50. The minimum absolute atomic E-state index is 0.00455. The van der Waals surface area contributed by atoms with Crippen molar-refractivity contribution in [2.45, 2.75) is 166 Å². The third-order valence-corrected chi connectivity index (χ3v) is 17.0. The van der Waals surface area contributed by atoms with Crippen molar-refractivity contribution in [1.29, 1.82) is 0 Å². The Bertz CT molecular complexity index is 2720. The SMILES string of the molecule is CCC(C)C(C(CC(=O)N1CCCC1C(OC)C(C)C(=O)NC(Cc1ccccn1)C(=O)NCc1ccc(NC(=O)C(CCCNC(N)=O)NC(=O)CNC(=O)CCCN2CCC(C(N)=O)CC2C(F)(F)F)cc1)OC)N(C)C(=O)CNC(=O)C(C(C)C)N(C)C. The van der Waals surface area contributed by atoms with Crippen LogP contribution in [0.4, 0.5) is 23.7 Å². The van der Waals surface area contributed by atoms with Gasteiger partial charge in [-0.1, -0.05) is 59.2 Å². The van der Waals surface area contributed by atoms with E-state index >= 15 is 0 Å². The van der Waals surface area contributed by atoms with Gasteiger partial charge in [0, 0.05) is 77.2 Å². The molecule has 2 aliphatic rings. The predicted octanol–water partition coefficient (Wildman–Crippen LogP) is 1.94. The van der Waals surface area contributed by atoms with Crippen molar-refractivity contribution >= 4 is 64.9 Å². The summed E-state index contributed by atoms with van der Waals surface area (Å²) in [5.74, 6) is -6.55. The smallest absolute Gasteiger partial charge is 0.379 e. The molecule has 91 heavy (non-hydrogen) atoms. The highest BCUT2D eigenvalue weighted by Gasteiger charge is 2.48. The molecule has 2 fully saturated rings. The van der Waals surface area contributed by atoms with Crippen LogP contribution in [-0.4, -0.2) is 213 Å². The molecule has 0 bridgehead atoms.